The highest BCUT2D eigenvalue weighted by Gasteiger charge is 2.23. The van der Waals surface area contributed by atoms with E-state index in [9.17, 15) is 0 Å². The number of fused-ring (bicyclic) bond motifs is 1. The molecule has 20 heavy (non-hydrogen) atoms. The van der Waals surface area contributed by atoms with Crippen LogP contribution in [0.2, 0.25) is 0 Å². The molecule has 2 nitrogen and oxygen atoms in total. The molecule has 1 unspecified atom stereocenters. The molecule has 1 aromatic rings. The van der Waals surface area contributed by atoms with Gasteiger partial charge in [0.1, 0.15) is 0 Å². The molecule has 1 aliphatic heterocycles. The second-order valence-electron chi connectivity index (χ2n) is 6.40. The second kappa shape index (κ2) is 6.73. The van der Waals surface area contributed by atoms with Crippen LogP contribution in [0, 0.1) is 5.92 Å². The quantitative estimate of drug-likeness (QED) is 0.899. The minimum atomic E-state index is 0.242. The van der Waals surface area contributed by atoms with Crippen LogP contribution < -0.4 is 5.32 Å². The monoisotopic (exact) mass is 273 g/mol. The highest BCUT2D eigenvalue weighted by atomic mass is 16.5. The third-order valence-electron chi connectivity index (χ3n) is 5.07. The summed E-state index contributed by atoms with van der Waals surface area (Å²) in [5.74, 6) is 0.864. The molecule has 3 rings (SSSR count). The standard InChI is InChI=1S/C18H27NO/c1-14(15-7-3-2-4-8-15)19-13-18-17-10-6-5-9-16(17)11-12-20-18/h5-6,9-10,14-15,18-19H,2-4,7-8,11-13H2,1H3/t14-,18?/m1/s1. The lowest BCUT2D eigenvalue weighted by Crippen LogP contribution is -2.38. The Kier molecular flexibility index (Phi) is 4.74. The minimum Gasteiger partial charge on any atom is -0.372 e. The number of benzene rings is 1. The van der Waals surface area contributed by atoms with Crippen LogP contribution >= 0.6 is 0 Å². The molecule has 2 atom stereocenters. The summed E-state index contributed by atoms with van der Waals surface area (Å²) < 4.78 is 5.98. The van der Waals surface area contributed by atoms with Crippen LogP contribution in [0.25, 0.3) is 0 Å². The predicted octanol–water partition coefficient (Wildman–Crippen LogP) is 3.86. The summed E-state index contributed by atoms with van der Waals surface area (Å²) in [6, 6.07) is 9.36. The lowest BCUT2D eigenvalue weighted by atomic mass is 9.84. The normalized spacial score (nSPS) is 25.1. The zero-order valence-electron chi connectivity index (χ0n) is 12.6. The summed E-state index contributed by atoms with van der Waals surface area (Å²) in [4.78, 5) is 0. The summed E-state index contributed by atoms with van der Waals surface area (Å²) in [5.41, 5.74) is 2.86. The Hall–Kier alpha value is -0.860. The first-order valence-corrected chi connectivity index (χ1v) is 8.27. The Morgan fingerprint density at radius 3 is 2.85 bits per heavy atom. The van der Waals surface area contributed by atoms with Gasteiger partial charge in [-0.2, -0.15) is 0 Å². The molecular formula is C18H27NO. The number of nitrogens with one attached hydrogen (secondary N) is 1. The molecule has 1 N–H and O–H groups in total. The maximum Gasteiger partial charge on any atom is 0.0952 e. The van der Waals surface area contributed by atoms with Crippen molar-refractivity contribution in [3.8, 4) is 0 Å². The molecule has 1 heterocycles. The summed E-state index contributed by atoms with van der Waals surface area (Å²) in [5, 5.41) is 3.74. The summed E-state index contributed by atoms with van der Waals surface area (Å²) in [6.07, 6.45) is 8.37. The van der Waals surface area contributed by atoms with E-state index < -0.39 is 0 Å². The van der Waals surface area contributed by atoms with Crippen molar-refractivity contribution in [3.05, 3.63) is 35.4 Å². The van der Waals surface area contributed by atoms with Crippen LogP contribution in [0.3, 0.4) is 0 Å². The first-order valence-electron chi connectivity index (χ1n) is 8.27. The molecule has 1 aromatic carbocycles. The van der Waals surface area contributed by atoms with Crippen LogP contribution in [0.5, 0.6) is 0 Å². The zero-order chi connectivity index (χ0) is 13.8. The summed E-state index contributed by atoms with van der Waals surface area (Å²) >= 11 is 0. The van der Waals surface area contributed by atoms with Crippen LogP contribution in [0.1, 0.15) is 56.3 Å². The van der Waals surface area contributed by atoms with E-state index >= 15 is 0 Å². The maximum absolute atomic E-state index is 5.98. The predicted molar refractivity (Wildman–Crippen MR) is 82.9 cm³/mol. The SMILES string of the molecule is C[C@@H](NCC1OCCc2ccccc21)C1CCCCC1. The summed E-state index contributed by atoms with van der Waals surface area (Å²) in [7, 11) is 0. The molecule has 110 valence electrons. The largest absolute Gasteiger partial charge is 0.372 e. The van der Waals surface area contributed by atoms with Gasteiger partial charge in [0.15, 0.2) is 0 Å². The van der Waals surface area contributed by atoms with Crippen molar-refractivity contribution in [1.82, 2.24) is 5.32 Å². The topological polar surface area (TPSA) is 21.3 Å². The van der Waals surface area contributed by atoms with E-state index in [0.717, 1.165) is 25.5 Å². The average molecular weight is 273 g/mol. The van der Waals surface area contributed by atoms with E-state index in [-0.39, 0.29) is 6.10 Å². The first kappa shape index (κ1) is 14.1. The van der Waals surface area contributed by atoms with Crippen molar-refractivity contribution in [2.45, 2.75) is 57.6 Å². The lowest BCUT2D eigenvalue weighted by Gasteiger charge is -2.31. The van der Waals surface area contributed by atoms with Gasteiger partial charge >= 0.3 is 0 Å². The fourth-order valence-electron chi connectivity index (χ4n) is 3.74. The fourth-order valence-corrected chi connectivity index (χ4v) is 3.74. The van der Waals surface area contributed by atoms with E-state index in [2.05, 4.69) is 36.5 Å². The minimum absolute atomic E-state index is 0.242. The van der Waals surface area contributed by atoms with Crippen LogP contribution in [-0.2, 0) is 11.2 Å². The van der Waals surface area contributed by atoms with Gasteiger partial charge in [-0.25, -0.2) is 0 Å². The van der Waals surface area contributed by atoms with E-state index in [1.165, 1.54) is 43.2 Å². The molecule has 2 heteroatoms. The van der Waals surface area contributed by atoms with Crippen molar-refractivity contribution < 1.29 is 4.74 Å². The van der Waals surface area contributed by atoms with Crippen molar-refractivity contribution >= 4 is 0 Å². The van der Waals surface area contributed by atoms with Gasteiger partial charge in [0.2, 0.25) is 0 Å². The molecule has 2 aliphatic rings. The van der Waals surface area contributed by atoms with Gasteiger partial charge in [-0.1, -0.05) is 43.5 Å². The fraction of sp³-hybridized carbons (Fsp3) is 0.667. The molecular weight excluding hydrogens is 246 g/mol. The van der Waals surface area contributed by atoms with E-state index in [0.29, 0.717) is 6.04 Å². The van der Waals surface area contributed by atoms with E-state index in [1.807, 2.05) is 0 Å². The summed E-state index contributed by atoms with van der Waals surface area (Å²) in [6.45, 7) is 4.17. The van der Waals surface area contributed by atoms with Gasteiger partial charge in [0.05, 0.1) is 12.7 Å². The van der Waals surface area contributed by atoms with Gasteiger partial charge in [-0.05, 0) is 43.2 Å². The lowest BCUT2D eigenvalue weighted by molar-refractivity contribution is 0.0390. The van der Waals surface area contributed by atoms with Gasteiger partial charge in [0, 0.05) is 12.6 Å². The number of hydrogen-bond donors (Lipinski definition) is 1. The smallest absolute Gasteiger partial charge is 0.0952 e. The third kappa shape index (κ3) is 3.24. The van der Waals surface area contributed by atoms with Gasteiger partial charge in [-0.3, -0.25) is 0 Å². The Bertz CT molecular complexity index is 425. The Morgan fingerprint density at radius 1 is 1.20 bits per heavy atom. The van der Waals surface area contributed by atoms with E-state index in [1.54, 1.807) is 0 Å². The highest BCUT2D eigenvalue weighted by Crippen LogP contribution is 2.28. The van der Waals surface area contributed by atoms with Crippen LogP contribution in [-0.4, -0.2) is 19.2 Å². The van der Waals surface area contributed by atoms with Gasteiger partial charge in [0.25, 0.3) is 0 Å². The Morgan fingerprint density at radius 2 is 2.00 bits per heavy atom. The third-order valence-corrected chi connectivity index (χ3v) is 5.07. The van der Waals surface area contributed by atoms with Gasteiger partial charge < -0.3 is 10.1 Å². The highest BCUT2D eigenvalue weighted by molar-refractivity contribution is 5.31. The van der Waals surface area contributed by atoms with Crippen molar-refractivity contribution in [2.24, 2.45) is 5.92 Å². The van der Waals surface area contributed by atoms with Crippen molar-refractivity contribution in [2.75, 3.05) is 13.2 Å². The molecule has 0 spiro atoms. The molecule has 1 saturated carbocycles. The molecule has 0 radical (unpaired) electrons. The molecule has 1 aliphatic carbocycles. The maximum atomic E-state index is 5.98. The molecule has 0 aromatic heterocycles. The number of hydrogen-bond acceptors (Lipinski definition) is 2. The zero-order valence-corrected chi connectivity index (χ0v) is 12.6. The van der Waals surface area contributed by atoms with Gasteiger partial charge in [-0.15, -0.1) is 0 Å². The molecule has 0 bridgehead atoms. The van der Waals surface area contributed by atoms with E-state index in [4.69, 9.17) is 4.74 Å². The van der Waals surface area contributed by atoms with Crippen LogP contribution in [0.4, 0.5) is 0 Å². The molecule has 0 saturated heterocycles. The van der Waals surface area contributed by atoms with Crippen molar-refractivity contribution in [3.63, 3.8) is 0 Å². The average Bonchev–Trinajstić information content (AvgIpc) is 2.53. The molecule has 1 fully saturated rings. The van der Waals surface area contributed by atoms with Crippen LogP contribution in [0.15, 0.2) is 24.3 Å². The Labute approximate surface area is 122 Å². The first-order chi connectivity index (χ1) is 9.84. The van der Waals surface area contributed by atoms with Crippen molar-refractivity contribution in [1.29, 1.82) is 0 Å². The second-order valence-corrected chi connectivity index (χ2v) is 6.40. The Balaban J connectivity index is 1.56. The number of ether oxygens (including phenoxy) is 1. The number of rotatable bonds is 4. The molecule has 0 amide bonds.